The van der Waals surface area contributed by atoms with Crippen LogP contribution in [0.5, 0.6) is 11.5 Å². The number of thioether (sulfide) groups is 1. The summed E-state index contributed by atoms with van der Waals surface area (Å²) in [5.74, 6) is 1.07. The lowest BCUT2D eigenvalue weighted by atomic mass is 10.3. The lowest BCUT2D eigenvalue weighted by molar-refractivity contribution is -0.119. The first-order chi connectivity index (χ1) is 14.0. The average Bonchev–Trinajstić information content (AvgIpc) is 2.73. The average molecular weight is 435 g/mol. The van der Waals surface area contributed by atoms with Crippen LogP contribution in [0.15, 0.2) is 48.5 Å². The van der Waals surface area contributed by atoms with Gasteiger partial charge in [0.15, 0.2) is 5.11 Å². The highest BCUT2D eigenvalue weighted by Gasteiger charge is 2.08. The normalized spacial score (nSPS) is 9.86. The summed E-state index contributed by atoms with van der Waals surface area (Å²) in [6.07, 6.45) is 0. The quantitative estimate of drug-likeness (QED) is 0.371. The van der Waals surface area contributed by atoms with E-state index in [0.717, 1.165) is 0 Å². The molecule has 0 bridgehead atoms. The minimum absolute atomic E-state index is 0.0975. The van der Waals surface area contributed by atoms with E-state index in [1.54, 1.807) is 50.6 Å². The number of carbonyl (C=O) groups excluding carboxylic acids is 2. The van der Waals surface area contributed by atoms with E-state index in [9.17, 15) is 9.59 Å². The highest BCUT2D eigenvalue weighted by molar-refractivity contribution is 8.00. The molecule has 4 N–H and O–H groups in total. The van der Waals surface area contributed by atoms with Crippen LogP contribution in [0.3, 0.4) is 0 Å². The van der Waals surface area contributed by atoms with Gasteiger partial charge >= 0.3 is 0 Å². The predicted molar refractivity (Wildman–Crippen MR) is 119 cm³/mol. The monoisotopic (exact) mass is 434 g/mol. The van der Waals surface area contributed by atoms with Gasteiger partial charge in [-0.05, 0) is 48.6 Å². The standard InChI is InChI=1S/C19H22N4O4S2/c1-26-14-9-7-13(8-10-14)20-17(24)11-29-12-18(25)22-23-19(28)21-15-5-3-4-6-16(15)27-2/h3-10H,11-12H2,1-2H3,(H,20,24)(H,22,25)(H2,21,23,28). The van der Waals surface area contributed by atoms with Gasteiger partial charge < -0.3 is 20.1 Å². The van der Waals surface area contributed by atoms with Gasteiger partial charge in [-0.15, -0.1) is 11.8 Å². The van der Waals surface area contributed by atoms with E-state index in [-0.39, 0.29) is 28.4 Å². The number of thiocarbonyl (C=S) groups is 1. The zero-order chi connectivity index (χ0) is 21.1. The van der Waals surface area contributed by atoms with E-state index >= 15 is 0 Å². The molecule has 0 unspecified atom stereocenters. The van der Waals surface area contributed by atoms with E-state index in [0.29, 0.717) is 22.9 Å². The van der Waals surface area contributed by atoms with Crippen molar-refractivity contribution >= 4 is 52.3 Å². The topological polar surface area (TPSA) is 101 Å². The zero-order valence-corrected chi connectivity index (χ0v) is 17.6. The number of nitrogens with one attached hydrogen (secondary N) is 4. The molecule has 154 valence electrons. The highest BCUT2D eigenvalue weighted by atomic mass is 32.2. The van der Waals surface area contributed by atoms with Gasteiger partial charge in [-0.2, -0.15) is 0 Å². The number of carbonyl (C=O) groups is 2. The number of hydrazine groups is 1. The Balaban J connectivity index is 1.64. The molecule has 0 saturated heterocycles. The number of hydrogen-bond acceptors (Lipinski definition) is 6. The Hall–Kier alpha value is -2.98. The molecule has 0 radical (unpaired) electrons. The fourth-order valence-corrected chi connectivity index (χ4v) is 2.95. The van der Waals surface area contributed by atoms with Crippen molar-refractivity contribution in [3.05, 3.63) is 48.5 Å². The third-order valence-corrected chi connectivity index (χ3v) is 4.65. The SMILES string of the molecule is COc1ccc(NC(=O)CSCC(=O)NNC(=S)Nc2ccccc2OC)cc1. The molecule has 2 rings (SSSR count). The molecule has 8 nitrogen and oxygen atoms in total. The molecule has 2 amide bonds. The van der Waals surface area contributed by atoms with Crippen molar-refractivity contribution in [2.75, 3.05) is 36.4 Å². The third kappa shape index (κ3) is 7.88. The molecule has 0 heterocycles. The number of anilines is 2. The maximum atomic E-state index is 11.9. The Labute approximate surface area is 178 Å². The summed E-state index contributed by atoms with van der Waals surface area (Å²) in [7, 11) is 3.13. The van der Waals surface area contributed by atoms with Gasteiger partial charge in [0, 0.05) is 5.69 Å². The molecular weight excluding hydrogens is 412 g/mol. The number of methoxy groups -OCH3 is 2. The number of para-hydroxylation sites is 2. The Bertz CT molecular complexity index is 846. The minimum Gasteiger partial charge on any atom is -0.497 e. The Kier molecular flexibility index (Phi) is 9.06. The molecule has 0 fully saturated rings. The number of ether oxygens (including phenoxy) is 2. The van der Waals surface area contributed by atoms with Crippen LogP contribution in [0, 0.1) is 0 Å². The number of rotatable bonds is 8. The van der Waals surface area contributed by atoms with E-state index in [4.69, 9.17) is 21.7 Å². The first-order valence-corrected chi connectivity index (χ1v) is 10.1. The Morgan fingerprint density at radius 2 is 1.59 bits per heavy atom. The van der Waals surface area contributed by atoms with E-state index in [1.165, 1.54) is 11.8 Å². The number of hydrogen-bond donors (Lipinski definition) is 4. The van der Waals surface area contributed by atoms with Gasteiger partial charge in [0.2, 0.25) is 11.8 Å². The maximum Gasteiger partial charge on any atom is 0.248 e. The molecule has 0 saturated carbocycles. The lowest BCUT2D eigenvalue weighted by Gasteiger charge is -2.13. The molecule has 29 heavy (non-hydrogen) atoms. The molecule has 2 aromatic rings. The van der Waals surface area contributed by atoms with Crippen LogP contribution < -0.4 is 31.0 Å². The van der Waals surface area contributed by atoms with Crippen LogP contribution in [-0.2, 0) is 9.59 Å². The minimum atomic E-state index is -0.309. The van der Waals surface area contributed by atoms with Crippen LogP contribution in [0.4, 0.5) is 11.4 Å². The molecule has 2 aromatic carbocycles. The van der Waals surface area contributed by atoms with Crippen LogP contribution in [0.2, 0.25) is 0 Å². The van der Waals surface area contributed by atoms with Crippen LogP contribution in [0.25, 0.3) is 0 Å². The molecule has 0 aliphatic carbocycles. The van der Waals surface area contributed by atoms with Crippen LogP contribution in [0.1, 0.15) is 0 Å². The van der Waals surface area contributed by atoms with Crippen molar-refractivity contribution < 1.29 is 19.1 Å². The van der Waals surface area contributed by atoms with Gasteiger partial charge in [0.05, 0.1) is 31.4 Å². The van der Waals surface area contributed by atoms with E-state index in [1.807, 2.05) is 12.1 Å². The van der Waals surface area contributed by atoms with Crippen molar-refractivity contribution in [1.82, 2.24) is 10.9 Å². The highest BCUT2D eigenvalue weighted by Crippen LogP contribution is 2.22. The molecular formula is C19H22N4O4S2. The Morgan fingerprint density at radius 1 is 0.897 bits per heavy atom. The predicted octanol–water partition coefficient (Wildman–Crippen LogP) is 2.39. The maximum absolute atomic E-state index is 11.9. The van der Waals surface area contributed by atoms with Crippen molar-refractivity contribution in [1.29, 1.82) is 0 Å². The zero-order valence-electron chi connectivity index (χ0n) is 16.0. The molecule has 0 aromatic heterocycles. The van der Waals surface area contributed by atoms with Crippen molar-refractivity contribution in [2.24, 2.45) is 0 Å². The second kappa shape index (κ2) is 11.8. The molecule has 0 aliphatic heterocycles. The fraction of sp³-hybridized carbons (Fsp3) is 0.211. The summed E-state index contributed by atoms with van der Waals surface area (Å²) < 4.78 is 10.3. The van der Waals surface area contributed by atoms with Gasteiger partial charge in [-0.3, -0.25) is 20.4 Å². The van der Waals surface area contributed by atoms with Gasteiger partial charge in [-0.25, -0.2) is 0 Å². The number of amides is 2. The first kappa shape index (κ1) is 22.3. The lowest BCUT2D eigenvalue weighted by Crippen LogP contribution is -2.44. The molecule has 0 atom stereocenters. The smallest absolute Gasteiger partial charge is 0.248 e. The second-order valence-electron chi connectivity index (χ2n) is 5.60. The second-order valence-corrected chi connectivity index (χ2v) is 6.99. The summed E-state index contributed by atoms with van der Waals surface area (Å²) in [6, 6.07) is 14.3. The van der Waals surface area contributed by atoms with Crippen LogP contribution in [-0.4, -0.2) is 42.7 Å². The number of benzene rings is 2. The van der Waals surface area contributed by atoms with Crippen molar-refractivity contribution in [3.63, 3.8) is 0 Å². The summed E-state index contributed by atoms with van der Waals surface area (Å²) in [6.45, 7) is 0. The van der Waals surface area contributed by atoms with E-state index < -0.39 is 0 Å². The van der Waals surface area contributed by atoms with E-state index in [2.05, 4.69) is 21.5 Å². The summed E-state index contributed by atoms with van der Waals surface area (Å²) >= 11 is 6.32. The summed E-state index contributed by atoms with van der Waals surface area (Å²) in [4.78, 5) is 23.8. The molecule has 0 aliphatic rings. The molecule has 10 heteroatoms. The molecule has 0 spiro atoms. The first-order valence-electron chi connectivity index (χ1n) is 8.52. The van der Waals surface area contributed by atoms with Crippen molar-refractivity contribution in [3.8, 4) is 11.5 Å². The summed E-state index contributed by atoms with van der Waals surface area (Å²) in [5.41, 5.74) is 6.42. The van der Waals surface area contributed by atoms with Gasteiger partial charge in [0.25, 0.3) is 0 Å². The van der Waals surface area contributed by atoms with Crippen LogP contribution >= 0.6 is 24.0 Å². The van der Waals surface area contributed by atoms with Gasteiger partial charge in [0.1, 0.15) is 11.5 Å². The third-order valence-electron chi connectivity index (χ3n) is 3.51. The summed E-state index contributed by atoms with van der Waals surface area (Å²) in [5, 5.41) is 5.89. The fourth-order valence-electron chi connectivity index (χ4n) is 2.17. The largest absolute Gasteiger partial charge is 0.497 e. The van der Waals surface area contributed by atoms with Gasteiger partial charge in [-0.1, -0.05) is 12.1 Å². The Morgan fingerprint density at radius 3 is 2.28 bits per heavy atom. The van der Waals surface area contributed by atoms with Crippen molar-refractivity contribution in [2.45, 2.75) is 0 Å².